The lowest BCUT2D eigenvalue weighted by Crippen LogP contribution is -2.49. The molecule has 4 aromatic rings. The fraction of sp³-hybridized carbons (Fsp3) is 0.333. The second-order valence-electron chi connectivity index (χ2n) is 9.63. The number of halogens is 4. The summed E-state index contributed by atoms with van der Waals surface area (Å²) in [6.45, 7) is 0.592. The molecule has 0 spiro atoms. The lowest BCUT2D eigenvalue weighted by atomic mass is 10.0. The van der Waals surface area contributed by atoms with E-state index in [2.05, 4.69) is 9.97 Å². The zero-order chi connectivity index (χ0) is 27.0. The summed E-state index contributed by atoms with van der Waals surface area (Å²) in [6.07, 6.45) is -1.21. The minimum atomic E-state index is -4.44. The molecular formula is C27H27ClF3N5O2. The number of ether oxygens (including phenoxy) is 1. The van der Waals surface area contributed by atoms with Gasteiger partial charge in [0.15, 0.2) is 6.10 Å². The van der Waals surface area contributed by atoms with Gasteiger partial charge in [-0.1, -0.05) is 23.7 Å². The monoisotopic (exact) mass is 545 g/mol. The second-order valence-corrected chi connectivity index (χ2v) is 10.1. The zero-order valence-corrected chi connectivity index (χ0v) is 21.6. The Hall–Kier alpha value is -3.34. The Labute approximate surface area is 222 Å². The molecule has 200 valence electrons. The molecule has 0 aliphatic carbocycles. The van der Waals surface area contributed by atoms with Gasteiger partial charge in [0, 0.05) is 47.5 Å². The van der Waals surface area contributed by atoms with Gasteiger partial charge in [0.05, 0.1) is 31.1 Å². The highest BCUT2D eigenvalue weighted by Crippen LogP contribution is 2.32. The van der Waals surface area contributed by atoms with Crippen LogP contribution < -0.4 is 10.5 Å². The second kappa shape index (κ2) is 10.4. The Morgan fingerprint density at radius 2 is 2.05 bits per heavy atom. The van der Waals surface area contributed by atoms with E-state index < -0.39 is 12.3 Å². The molecule has 0 saturated carbocycles. The number of aromatic nitrogens is 3. The van der Waals surface area contributed by atoms with Crippen LogP contribution in [0.15, 0.2) is 65.8 Å². The first-order chi connectivity index (χ1) is 18.1. The van der Waals surface area contributed by atoms with Crippen molar-refractivity contribution in [3.63, 3.8) is 0 Å². The number of pyridine rings is 2. The largest absolute Gasteiger partial charge is 0.416 e. The van der Waals surface area contributed by atoms with E-state index in [9.17, 15) is 18.0 Å². The summed E-state index contributed by atoms with van der Waals surface area (Å²) < 4.78 is 46.3. The fourth-order valence-corrected chi connectivity index (χ4v) is 5.01. The molecular weight excluding hydrogens is 519 g/mol. The van der Waals surface area contributed by atoms with E-state index in [0.717, 1.165) is 16.5 Å². The van der Waals surface area contributed by atoms with Crippen molar-refractivity contribution in [1.82, 2.24) is 19.4 Å². The van der Waals surface area contributed by atoms with E-state index in [1.165, 1.54) is 0 Å². The van der Waals surface area contributed by atoms with Crippen molar-refractivity contribution in [1.29, 1.82) is 0 Å². The third kappa shape index (κ3) is 5.43. The van der Waals surface area contributed by atoms with Gasteiger partial charge in [-0.2, -0.15) is 13.2 Å². The van der Waals surface area contributed by atoms with Gasteiger partial charge in [0.1, 0.15) is 5.65 Å². The third-order valence-electron chi connectivity index (χ3n) is 6.68. The van der Waals surface area contributed by atoms with E-state index in [-0.39, 0.29) is 24.8 Å². The number of hydrogen-bond acceptors (Lipinski definition) is 5. The highest BCUT2D eigenvalue weighted by molar-refractivity contribution is 6.30. The predicted molar refractivity (Wildman–Crippen MR) is 142 cm³/mol. The quantitative estimate of drug-likeness (QED) is 0.371. The number of fused-ring (bicyclic) bond motifs is 1. The first-order valence-corrected chi connectivity index (χ1v) is 12.5. The average molecular weight is 546 g/mol. The standard InChI is InChI=1S/C27H27ClF3N5O2/c1-34(2)15-23(18-4-3-5-19(28)10-18)36-7-6-17(11-25(36)37)22-14-33-26-21(22)12-20(13-32-26)35-8-9-38-24(16-35)27(29,30)31/h3-7,10-14,23-24H,8-9,15-16H2,1-2H3,(H,32,33). The van der Waals surface area contributed by atoms with Crippen LogP contribution >= 0.6 is 11.6 Å². The summed E-state index contributed by atoms with van der Waals surface area (Å²) in [5.41, 5.74) is 3.31. The topological polar surface area (TPSA) is 66.4 Å². The minimum Gasteiger partial charge on any atom is -0.365 e. The number of H-pyrrole nitrogens is 1. The van der Waals surface area contributed by atoms with Crippen LogP contribution in [-0.2, 0) is 4.74 Å². The van der Waals surface area contributed by atoms with Crippen LogP contribution in [0, 0.1) is 0 Å². The summed E-state index contributed by atoms with van der Waals surface area (Å²) in [5, 5.41) is 1.31. The number of alkyl halides is 3. The number of anilines is 1. The summed E-state index contributed by atoms with van der Waals surface area (Å²) in [6, 6.07) is 12.4. The van der Waals surface area contributed by atoms with Crippen LogP contribution in [0.3, 0.4) is 0 Å². The van der Waals surface area contributed by atoms with Crippen LogP contribution in [0.4, 0.5) is 18.9 Å². The van der Waals surface area contributed by atoms with Crippen molar-refractivity contribution in [3.8, 4) is 11.1 Å². The van der Waals surface area contributed by atoms with Crippen molar-refractivity contribution in [3.05, 3.63) is 82.0 Å². The molecule has 7 nitrogen and oxygen atoms in total. The number of benzene rings is 1. The molecule has 1 saturated heterocycles. The van der Waals surface area contributed by atoms with E-state index >= 15 is 0 Å². The van der Waals surface area contributed by atoms with Gasteiger partial charge >= 0.3 is 6.18 Å². The normalized spacial score (nSPS) is 17.3. The van der Waals surface area contributed by atoms with Crippen molar-refractivity contribution in [2.24, 2.45) is 0 Å². The van der Waals surface area contributed by atoms with Crippen LogP contribution in [0.1, 0.15) is 11.6 Å². The Bertz CT molecular complexity index is 1500. The molecule has 0 amide bonds. The average Bonchev–Trinajstić information content (AvgIpc) is 3.30. The Kier molecular flexibility index (Phi) is 7.21. The van der Waals surface area contributed by atoms with Crippen molar-refractivity contribution < 1.29 is 17.9 Å². The van der Waals surface area contributed by atoms with Crippen LogP contribution in [0.2, 0.25) is 5.02 Å². The lowest BCUT2D eigenvalue weighted by molar-refractivity contribution is -0.221. The Morgan fingerprint density at radius 1 is 1.24 bits per heavy atom. The van der Waals surface area contributed by atoms with Crippen molar-refractivity contribution in [2.75, 3.05) is 45.2 Å². The maximum Gasteiger partial charge on any atom is 0.416 e. The summed E-state index contributed by atoms with van der Waals surface area (Å²) in [7, 11) is 3.89. The molecule has 1 aromatic carbocycles. The molecule has 11 heteroatoms. The highest BCUT2D eigenvalue weighted by atomic mass is 35.5. The summed E-state index contributed by atoms with van der Waals surface area (Å²) in [5.74, 6) is 0. The zero-order valence-electron chi connectivity index (χ0n) is 20.9. The molecule has 2 atom stereocenters. The minimum absolute atomic E-state index is 0.0266. The smallest absolute Gasteiger partial charge is 0.365 e. The lowest BCUT2D eigenvalue weighted by Gasteiger charge is -2.35. The molecule has 1 aliphatic rings. The Morgan fingerprint density at radius 3 is 2.76 bits per heavy atom. The van der Waals surface area contributed by atoms with Gasteiger partial charge in [-0.3, -0.25) is 4.79 Å². The van der Waals surface area contributed by atoms with Crippen LogP contribution in [0.25, 0.3) is 22.2 Å². The van der Waals surface area contributed by atoms with Crippen LogP contribution in [-0.4, -0.2) is 72.1 Å². The molecule has 3 aromatic heterocycles. The van der Waals surface area contributed by atoms with E-state index in [0.29, 0.717) is 35.0 Å². The molecule has 0 bridgehead atoms. The first-order valence-electron chi connectivity index (χ1n) is 12.1. The number of likely N-dealkylation sites (N-methyl/N-ethyl adjacent to an activating group) is 1. The summed E-state index contributed by atoms with van der Waals surface area (Å²) >= 11 is 6.22. The van der Waals surface area contributed by atoms with Crippen molar-refractivity contribution in [2.45, 2.75) is 18.3 Å². The van der Waals surface area contributed by atoms with Gasteiger partial charge < -0.3 is 24.1 Å². The first kappa shape index (κ1) is 26.3. The SMILES string of the molecule is CN(C)CC(c1cccc(Cl)c1)n1ccc(-c2c[nH]c3ncc(N4CCOC(C(F)(F)F)C4)cc23)cc1=O. The molecule has 1 fully saturated rings. The fourth-order valence-electron chi connectivity index (χ4n) is 4.81. The number of nitrogens with zero attached hydrogens (tertiary/aromatic N) is 4. The molecule has 5 rings (SSSR count). The van der Waals surface area contributed by atoms with E-state index in [1.807, 2.05) is 43.3 Å². The van der Waals surface area contributed by atoms with Gasteiger partial charge in [0.2, 0.25) is 0 Å². The molecule has 1 aliphatic heterocycles. The van der Waals surface area contributed by atoms with Gasteiger partial charge in [-0.15, -0.1) is 0 Å². The number of morpholine rings is 1. The van der Waals surface area contributed by atoms with E-state index in [4.69, 9.17) is 16.3 Å². The van der Waals surface area contributed by atoms with Gasteiger partial charge in [-0.05, 0) is 49.5 Å². The number of rotatable bonds is 6. The molecule has 4 heterocycles. The van der Waals surface area contributed by atoms with Gasteiger partial charge in [-0.25, -0.2) is 4.98 Å². The molecule has 1 N–H and O–H groups in total. The highest BCUT2D eigenvalue weighted by Gasteiger charge is 2.43. The predicted octanol–water partition coefficient (Wildman–Crippen LogP) is 4.96. The van der Waals surface area contributed by atoms with Gasteiger partial charge in [0.25, 0.3) is 5.56 Å². The summed E-state index contributed by atoms with van der Waals surface area (Å²) in [4.78, 5) is 24.5. The van der Waals surface area contributed by atoms with Crippen molar-refractivity contribution >= 4 is 28.3 Å². The number of hydrogen-bond donors (Lipinski definition) is 1. The maximum absolute atomic E-state index is 13.4. The molecule has 0 radical (unpaired) electrons. The molecule has 2 unspecified atom stereocenters. The number of nitrogens with one attached hydrogen (secondary N) is 1. The van der Waals surface area contributed by atoms with E-state index in [1.54, 1.807) is 46.3 Å². The molecule has 38 heavy (non-hydrogen) atoms. The third-order valence-corrected chi connectivity index (χ3v) is 6.91. The Balaban J connectivity index is 1.49. The van der Waals surface area contributed by atoms with Crippen LogP contribution in [0.5, 0.6) is 0 Å². The maximum atomic E-state index is 13.4. The number of aromatic amines is 1.